The number of benzene rings is 1. The molecule has 78 valence electrons. The highest BCUT2D eigenvalue weighted by atomic mass is 16.5. The summed E-state index contributed by atoms with van der Waals surface area (Å²) in [7, 11) is 3.18. The molecule has 0 aliphatic carbocycles. The van der Waals surface area contributed by atoms with Crippen molar-refractivity contribution in [2.45, 2.75) is 0 Å². The first kappa shape index (κ1) is 9.51. The molecule has 1 heterocycles. The molecule has 0 bridgehead atoms. The van der Waals surface area contributed by atoms with Gasteiger partial charge >= 0.3 is 0 Å². The van der Waals surface area contributed by atoms with Crippen molar-refractivity contribution in [2.24, 2.45) is 0 Å². The van der Waals surface area contributed by atoms with E-state index in [-0.39, 0.29) is 0 Å². The molecule has 0 atom stereocenters. The molecule has 15 heavy (non-hydrogen) atoms. The molecule has 0 aliphatic rings. The molecular formula is C10H10N2O3. The Hall–Kier alpha value is -2.04. The SMILES string of the molecule is COc1ccc(-c2ncon2)c(OC)c1. The second kappa shape index (κ2) is 4.00. The highest BCUT2D eigenvalue weighted by Crippen LogP contribution is 2.30. The van der Waals surface area contributed by atoms with Crippen molar-refractivity contribution in [1.82, 2.24) is 10.1 Å². The predicted octanol–water partition coefficient (Wildman–Crippen LogP) is 1.75. The molecule has 5 heteroatoms. The van der Waals surface area contributed by atoms with Gasteiger partial charge in [-0.2, -0.15) is 4.98 Å². The first-order valence-electron chi connectivity index (χ1n) is 4.34. The molecule has 0 spiro atoms. The fraction of sp³-hybridized carbons (Fsp3) is 0.200. The topological polar surface area (TPSA) is 57.4 Å². The molecular weight excluding hydrogens is 196 g/mol. The smallest absolute Gasteiger partial charge is 0.214 e. The number of aromatic nitrogens is 2. The summed E-state index contributed by atoms with van der Waals surface area (Å²) in [5.74, 6) is 1.87. The van der Waals surface area contributed by atoms with Gasteiger partial charge in [-0.05, 0) is 12.1 Å². The van der Waals surface area contributed by atoms with Crippen LogP contribution in [0.15, 0.2) is 29.1 Å². The zero-order chi connectivity index (χ0) is 10.7. The maximum Gasteiger partial charge on any atom is 0.214 e. The maximum atomic E-state index is 5.21. The molecule has 0 radical (unpaired) electrons. The van der Waals surface area contributed by atoms with E-state index in [1.807, 2.05) is 12.1 Å². The standard InChI is InChI=1S/C10H10N2O3/c1-13-7-3-4-8(9(5-7)14-2)10-11-6-15-12-10/h3-6H,1-2H3. The van der Waals surface area contributed by atoms with E-state index in [1.165, 1.54) is 6.39 Å². The van der Waals surface area contributed by atoms with Gasteiger partial charge in [0.2, 0.25) is 12.2 Å². The first-order chi connectivity index (χ1) is 7.35. The third kappa shape index (κ3) is 1.76. The zero-order valence-electron chi connectivity index (χ0n) is 8.43. The van der Waals surface area contributed by atoms with Crippen LogP contribution in [0.5, 0.6) is 11.5 Å². The van der Waals surface area contributed by atoms with Crippen LogP contribution in [-0.2, 0) is 0 Å². The molecule has 0 aliphatic heterocycles. The molecule has 5 nitrogen and oxygen atoms in total. The van der Waals surface area contributed by atoms with Crippen LogP contribution in [0.3, 0.4) is 0 Å². The normalized spacial score (nSPS) is 10.0. The lowest BCUT2D eigenvalue weighted by atomic mass is 10.2. The van der Waals surface area contributed by atoms with Crippen molar-refractivity contribution >= 4 is 0 Å². The minimum absolute atomic E-state index is 0.495. The summed E-state index contributed by atoms with van der Waals surface area (Å²) in [6.45, 7) is 0. The fourth-order valence-corrected chi connectivity index (χ4v) is 1.27. The number of hydrogen-bond donors (Lipinski definition) is 0. The van der Waals surface area contributed by atoms with Crippen LogP contribution in [0.1, 0.15) is 0 Å². The Morgan fingerprint density at radius 1 is 1.20 bits per heavy atom. The monoisotopic (exact) mass is 206 g/mol. The fourth-order valence-electron chi connectivity index (χ4n) is 1.27. The van der Waals surface area contributed by atoms with Gasteiger partial charge in [0, 0.05) is 6.07 Å². The Morgan fingerprint density at radius 2 is 2.07 bits per heavy atom. The number of nitrogens with zero attached hydrogens (tertiary/aromatic N) is 2. The first-order valence-corrected chi connectivity index (χ1v) is 4.34. The summed E-state index contributed by atoms with van der Waals surface area (Å²) in [6.07, 6.45) is 1.28. The van der Waals surface area contributed by atoms with E-state index in [0.717, 1.165) is 11.3 Å². The molecule has 2 rings (SSSR count). The van der Waals surface area contributed by atoms with Crippen LogP contribution < -0.4 is 9.47 Å². The number of hydrogen-bond acceptors (Lipinski definition) is 5. The second-order valence-electron chi connectivity index (χ2n) is 2.82. The van der Waals surface area contributed by atoms with Gasteiger partial charge in [-0.15, -0.1) is 0 Å². The quantitative estimate of drug-likeness (QED) is 0.765. The summed E-state index contributed by atoms with van der Waals surface area (Å²) < 4.78 is 15.0. The minimum Gasteiger partial charge on any atom is -0.497 e. The Labute approximate surface area is 86.6 Å². The van der Waals surface area contributed by atoms with Gasteiger partial charge in [-0.3, -0.25) is 0 Å². The van der Waals surface area contributed by atoms with Gasteiger partial charge in [0.25, 0.3) is 0 Å². The molecule has 0 fully saturated rings. The Bertz CT molecular complexity index is 440. The molecule has 0 N–H and O–H groups in total. The van der Waals surface area contributed by atoms with Crippen LogP contribution in [-0.4, -0.2) is 24.4 Å². The largest absolute Gasteiger partial charge is 0.497 e. The summed E-state index contributed by atoms with van der Waals surface area (Å²) in [5, 5.41) is 3.74. The van der Waals surface area contributed by atoms with Crippen molar-refractivity contribution in [1.29, 1.82) is 0 Å². The van der Waals surface area contributed by atoms with Crippen LogP contribution >= 0.6 is 0 Å². The highest BCUT2D eigenvalue weighted by Gasteiger charge is 2.10. The van der Waals surface area contributed by atoms with E-state index < -0.39 is 0 Å². The van der Waals surface area contributed by atoms with E-state index in [2.05, 4.69) is 14.7 Å². The zero-order valence-corrected chi connectivity index (χ0v) is 8.43. The number of rotatable bonds is 3. The highest BCUT2D eigenvalue weighted by molar-refractivity contribution is 5.65. The van der Waals surface area contributed by atoms with Crippen molar-refractivity contribution in [3.05, 3.63) is 24.6 Å². The predicted molar refractivity (Wildman–Crippen MR) is 52.8 cm³/mol. The molecule has 0 unspecified atom stereocenters. The van der Waals surface area contributed by atoms with Gasteiger partial charge < -0.3 is 14.0 Å². The van der Waals surface area contributed by atoms with Gasteiger partial charge in [0.05, 0.1) is 19.8 Å². The summed E-state index contributed by atoms with van der Waals surface area (Å²) >= 11 is 0. The van der Waals surface area contributed by atoms with Gasteiger partial charge in [0.15, 0.2) is 0 Å². The summed E-state index contributed by atoms with van der Waals surface area (Å²) in [6, 6.07) is 5.41. The average molecular weight is 206 g/mol. The lowest BCUT2D eigenvalue weighted by molar-refractivity contribution is 0.394. The molecule has 0 saturated heterocycles. The summed E-state index contributed by atoms with van der Waals surface area (Å²) in [4.78, 5) is 3.95. The Kier molecular flexibility index (Phi) is 2.53. The van der Waals surface area contributed by atoms with Gasteiger partial charge in [0.1, 0.15) is 11.5 Å². The minimum atomic E-state index is 0.495. The van der Waals surface area contributed by atoms with E-state index in [1.54, 1.807) is 20.3 Å². The number of methoxy groups -OCH3 is 2. The van der Waals surface area contributed by atoms with Crippen LogP contribution in [0, 0.1) is 0 Å². The van der Waals surface area contributed by atoms with E-state index in [9.17, 15) is 0 Å². The molecule has 1 aromatic carbocycles. The van der Waals surface area contributed by atoms with Crippen molar-refractivity contribution in [3.63, 3.8) is 0 Å². The van der Waals surface area contributed by atoms with Crippen LogP contribution in [0.2, 0.25) is 0 Å². The Morgan fingerprint density at radius 3 is 2.67 bits per heavy atom. The molecule has 1 aromatic heterocycles. The maximum absolute atomic E-state index is 5.21. The molecule has 0 amide bonds. The lowest BCUT2D eigenvalue weighted by Gasteiger charge is -2.07. The van der Waals surface area contributed by atoms with Gasteiger partial charge in [-0.1, -0.05) is 5.16 Å². The molecule has 0 saturated carbocycles. The third-order valence-corrected chi connectivity index (χ3v) is 2.01. The third-order valence-electron chi connectivity index (χ3n) is 2.01. The average Bonchev–Trinajstić information content (AvgIpc) is 2.81. The van der Waals surface area contributed by atoms with E-state index >= 15 is 0 Å². The molecule has 2 aromatic rings. The van der Waals surface area contributed by atoms with E-state index in [4.69, 9.17) is 9.47 Å². The Balaban J connectivity index is 2.48. The number of ether oxygens (including phenoxy) is 2. The summed E-state index contributed by atoms with van der Waals surface area (Å²) in [5.41, 5.74) is 0.770. The van der Waals surface area contributed by atoms with Crippen molar-refractivity contribution < 1.29 is 14.0 Å². The van der Waals surface area contributed by atoms with Crippen LogP contribution in [0.4, 0.5) is 0 Å². The van der Waals surface area contributed by atoms with Crippen molar-refractivity contribution in [2.75, 3.05) is 14.2 Å². The second-order valence-corrected chi connectivity index (χ2v) is 2.82. The van der Waals surface area contributed by atoms with Gasteiger partial charge in [-0.25, -0.2) is 0 Å². The van der Waals surface area contributed by atoms with Crippen LogP contribution in [0.25, 0.3) is 11.4 Å². The lowest BCUT2D eigenvalue weighted by Crippen LogP contribution is -1.91. The van der Waals surface area contributed by atoms with E-state index in [0.29, 0.717) is 11.6 Å². The van der Waals surface area contributed by atoms with Crippen molar-refractivity contribution in [3.8, 4) is 22.9 Å².